The normalized spacial score (nSPS) is 28.6. The van der Waals surface area contributed by atoms with Gasteiger partial charge in [-0.25, -0.2) is 4.98 Å². The molecule has 4 nitrogen and oxygen atoms in total. The molecule has 0 aliphatic heterocycles. The summed E-state index contributed by atoms with van der Waals surface area (Å²) < 4.78 is 4.30. The second kappa shape index (κ2) is 5.53. The van der Waals surface area contributed by atoms with Crippen LogP contribution in [-0.4, -0.2) is 26.6 Å². The van der Waals surface area contributed by atoms with Crippen LogP contribution >= 0.6 is 11.5 Å². The van der Waals surface area contributed by atoms with Crippen molar-refractivity contribution in [3.63, 3.8) is 0 Å². The summed E-state index contributed by atoms with van der Waals surface area (Å²) >= 11 is 1.38. The van der Waals surface area contributed by atoms with Crippen LogP contribution in [0.5, 0.6) is 0 Å². The van der Waals surface area contributed by atoms with E-state index in [1.54, 1.807) is 0 Å². The molecule has 2 N–H and O–H groups in total. The van der Waals surface area contributed by atoms with Gasteiger partial charge in [0.2, 0.25) is 5.13 Å². The maximum Gasteiger partial charge on any atom is 0.202 e. The molecule has 1 saturated carbocycles. The molecule has 1 heterocycles. The predicted octanol–water partition coefficient (Wildman–Crippen LogP) is 3.01. The molecule has 1 aromatic rings. The highest BCUT2D eigenvalue weighted by Gasteiger charge is 2.31. The molecule has 0 aromatic carbocycles. The topological polar surface area (TPSA) is 58.0 Å². The molecular formula is C13H23N3OS. The van der Waals surface area contributed by atoms with Crippen molar-refractivity contribution in [2.75, 3.05) is 11.9 Å². The lowest BCUT2D eigenvalue weighted by Crippen LogP contribution is -2.40. The molecule has 1 fully saturated rings. The molecule has 0 amide bonds. The lowest BCUT2D eigenvalue weighted by Gasteiger charge is -2.34. The van der Waals surface area contributed by atoms with Crippen LogP contribution < -0.4 is 5.32 Å². The van der Waals surface area contributed by atoms with Crippen molar-refractivity contribution in [2.24, 2.45) is 5.92 Å². The van der Waals surface area contributed by atoms with Crippen LogP contribution in [0.3, 0.4) is 0 Å². The Morgan fingerprint density at radius 3 is 2.67 bits per heavy atom. The number of rotatable bonds is 4. The summed E-state index contributed by atoms with van der Waals surface area (Å²) in [5, 5.41) is 14.5. The second-order valence-electron chi connectivity index (χ2n) is 5.87. The van der Waals surface area contributed by atoms with Crippen LogP contribution in [0, 0.1) is 5.92 Å². The lowest BCUT2D eigenvalue weighted by molar-refractivity contribution is 0.00501. The first-order chi connectivity index (χ1) is 8.48. The fourth-order valence-corrected chi connectivity index (χ4v) is 2.96. The third-order valence-electron chi connectivity index (χ3n) is 3.73. The maximum absolute atomic E-state index is 10.5. The minimum atomic E-state index is -0.559. The van der Waals surface area contributed by atoms with Gasteiger partial charge in [-0.1, -0.05) is 20.8 Å². The average Bonchev–Trinajstić information content (AvgIpc) is 2.80. The Hall–Kier alpha value is -0.680. The van der Waals surface area contributed by atoms with Gasteiger partial charge in [-0.15, -0.1) is 0 Å². The summed E-state index contributed by atoms with van der Waals surface area (Å²) in [4.78, 5) is 4.43. The Bertz CT molecular complexity index is 383. The Labute approximate surface area is 113 Å². The van der Waals surface area contributed by atoms with Gasteiger partial charge < -0.3 is 10.4 Å². The van der Waals surface area contributed by atoms with E-state index in [9.17, 15) is 5.11 Å². The van der Waals surface area contributed by atoms with Gasteiger partial charge in [0.15, 0.2) is 0 Å². The molecule has 1 aliphatic rings. The van der Waals surface area contributed by atoms with Gasteiger partial charge in [0.05, 0.1) is 5.60 Å². The molecule has 5 heteroatoms. The van der Waals surface area contributed by atoms with E-state index in [-0.39, 0.29) is 0 Å². The van der Waals surface area contributed by atoms with Crippen LogP contribution in [0.25, 0.3) is 0 Å². The third-order valence-corrected chi connectivity index (χ3v) is 4.42. The molecule has 2 rings (SSSR count). The Kier molecular flexibility index (Phi) is 4.22. The van der Waals surface area contributed by atoms with Gasteiger partial charge in [0.25, 0.3) is 0 Å². The molecule has 0 spiro atoms. The zero-order chi connectivity index (χ0) is 13.2. The summed E-state index contributed by atoms with van der Waals surface area (Å²) in [5.74, 6) is 1.99. The van der Waals surface area contributed by atoms with E-state index in [1.165, 1.54) is 11.5 Å². The molecule has 0 saturated heterocycles. The zero-order valence-electron chi connectivity index (χ0n) is 11.4. The summed E-state index contributed by atoms with van der Waals surface area (Å²) in [7, 11) is 0. The molecule has 1 aliphatic carbocycles. The van der Waals surface area contributed by atoms with Gasteiger partial charge >= 0.3 is 0 Å². The first-order valence-electron chi connectivity index (χ1n) is 6.78. The molecule has 18 heavy (non-hydrogen) atoms. The van der Waals surface area contributed by atoms with Crippen LogP contribution in [0.15, 0.2) is 0 Å². The number of hydrogen-bond donors (Lipinski definition) is 2. The monoisotopic (exact) mass is 269 g/mol. The van der Waals surface area contributed by atoms with E-state index in [4.69, 9.17) is 0 Å². The van der Waals surface area contributed by atoms with Crippen molar-refractivity contribution in [1.29, 1.82) is 0 Å². The lowest BCUT2D eigenvalue weighted by atomic mass is 9.79. The summed E-state index contributed by atoms with van der Waals surface area (Å²) in [6.45, 7) is 7.02. The minimum absolute atomic E-state index is 0.357. The first kappa shape index (κ1) is 13.7. The number of nitrogens with zero attached hydrogens (tertiary/aromatic N) is 2. The van der Waals surface area contributed by atoms with Crippen LogP contribution in [0.1, 0.15) is 58.2 Å². The molecule has 0 bridgehead atoms. The molecule has 0 atom stereocenters. The highest BCUT2D eigenvalue weighted by molar-refractivity contribution is 7.09. The predicted molar refractivity (Wildman–Crippen MR) is 75.1 cm³/mol. The molecule has 0 radical (unpaired) electrons. The van der Waals surface area contributed by atoms with E-state index >= 15 is 0 Å². The van der Waals surface area contributed by atoms with Gasteiger partial charge in [-0.05, 0) is 31.6 Å². The molecule has 1 aromatic heterocycles. The number of nitrogens with one attached hydrogen (secondary N) is 1. The highest BCUT2D eigenvalue weighted by atomic mass is 32.1. The van der Waals surface area contributed by atoms with E-state index in [0.717, 1.165) is 42.6 Å². The number of aromatic nitrogens is 2. The van der Waals surface area contributed by atoms with E-state index in [0.29, 0.717) is 12.5 Å². The average molecular weight is 269 g/mol. The summed E-state index contributed by atoms with van der Waals surface area (Å²) in [6, 6.07) is 0. The first-order valence-corrected chi connectivity index (χ1v) is 7.56. The fourth-order valence-electron chi connectivity index (χ4n) is 2.26. The Balaban J connectivity index is 1.86. The quantitative estimate of drug-likeness (QED) is 0.882. The number of anilines is 1. The Morgan fingerprint density at radius 2 is 2.11 bits per heavy atom. The Morgan fingerprint density at radius 1 is 1.44 bits per heavy atom. The third kappa shape index (κ3) is 3.42. The van der Waals surface area contributed by atoms with Gasteiger partial charge in [-0.2, -0.15) is 4.37 Å². The van der Waals surface area contributed by atoms with E-state index in [1.807, 2.05) is 0 Å². The van der Waals surface area contributed by atoms with Crippen molar-refractivity contribution in [2.45, 2.75) is 58.0 Å². The molecular weight excluding hydrogens is 246 g/mol. The summed E-state index contributed by atoms with van der Waals surface area (Å²) in [5.41, 5.74) is -0.559. The fraction of sp³-hybridized carbons (Fsp3) is 0.846. The molecule has 0 unspecified atom stereocenters. The SMILES string of the molecule is CC1CCC(O)(CNc2nc(C(C)C)ns2)CC1. The van der Waals surface area contributed by atoms with Gasteiger partial charge in [0.1, 0.15) is 5.82 Å². The number of hydrogen-bond acceptors (Lipinski definition) is 5. The van der Waals surface area contributed by atoms with Crippen LogP contribution in [-0.2, 0) is 0 Å². The molecule has 102 valence electrons. The van der Waals surface area contributed by atoms with Gasteiger partial charge in [-0.3, -0.25) is 0 Å². The van der Waals surface area contributed by atoms with E-state index < -0.39 is 5.60 Å². The largest absolute Gasteiger partial charge is 0.388 e. The minimum Gasteiger partial charge on any atom is -0.388 e. The highest BCUT2D eigenvalue weighted by Crippen LogP contribution is 2.32. The van der Waals surface area contributed by atoms with Gasteiger partial charge in [0, 0.05) is 24.0 Å². The summed E-state index contributed by atoms with van der Waals surface area (Å²) in [6.07, 6.45) is 4.01. The smallest absolute Gasteiger partial charge is 0.202 e. The van der Waals surface area contributed by atoms with Crippen LogP contribution in [0.4, 0.5) is 5.13 Å². The number of aliphatic hydroxyl groups is 1. The van der Waals surface area contributed by atoms with Crippen molar-refractivity contribution in [3.8, 4) is 0 Å². The zero-order valence-corrected chi connectivity index (χ0v) is 12.3. The van der Waals surface area contributed by atoms with Crippen molar-refractivity contribution >= 4 is 16.7 Å². The maximum atomic E-state index is 10.5. The second-order valence-corrected chi connectivity index (χ2v) is 6.62. The van der Waals surface area contributed by atoms with E-state index in [2.05, 4.69) is 35.4 Å². The van der Waals surface area contributed by atoms with Crippen molar-refractivity contribution < 1.29 is 5.11 Å². The van der Waals surface area contributed by atoms with Crippen molar-refractivity contribution in [3.05, 3.63) is 5.82 Å². The standard InChI is InChI=1S/C13H23N3OS/c1-9(2)11-15-12(18-16-11)14-8-13(17)6-4-10(3)5-7-13/h9-10,17H,4-8H2,1-3H3,(H,14,15,16). The van der Waals surface area contributed by atoms with Crippen LogP contribution in [0.2, 0.25) is 0 Å². The van der Waals surface area contributed by atoms with Crippen molar-refractivity contribution in [1.82, 2.24) is 9.36 Å².